The average Bonchev–Trinajstić information content (AvgIpc) is 3.62. The molecule has 0 bridgehead atoms. The van der Waals surface area contributed by atoms with Crippen LogP contribution in [0.15, 0.2) is 48.5 Å². The van der Waals surface area contributed by atoms with Crippen molar-refractivity contribution >= 4 is 17.5 Å². The molecule has 160 valence electrons. The van der Waals surface area contributed by atoms with Crippen molar-refractivity contribution < 1.29 is 14.3 Å². The summed E-state index contributed by atoms with van der Waals surface area (Å²) in [6.07, 6.45) is 1.89. The van der Waals surface area contributed by atoms with Gasteiger partial charge in [0.2, 0.25) is 5.91 Å². The van der Waals surface area contributed by atoms with E-state index in [9.17, 15) is 9.59 Å². The Labute approximate surface area is 178 Å². The fraction of sp³-hybridized carbons (Fsp3) is 0.417. The lowest BCUT2D eigenvalue weighted by molar-refractivity contribution is -0.117. The van der Waals surface area contributed by atoms with E-state index in [0.29, 0.717) is 17.8 Å². The third-order valence-electron chi connectivity index (χ3n) is 5.53. The second-order valence-electron chi connectivity index (χ2n) is 7.57. The van der Waals surface area contributed by atoms with Gasteiger partial charge in [-0.25, -0.2) is 0 Å². The predicted molar refractivity (Wildman–Crippen MR) is 119 cm³/mol. The molecule has 1 aliphatic rings. The molecule has 2 aromatic carbocycles. The Morgan fingerprint density at radius 2 is 1.83 bits per heavy atom. The van der Waals surface area contributed by atoms with E-state index in [1.807, 2.05) is 24.3 Å². The van der Waals surface area contributed by atoms with Crippen molar-refractivity contribution in [3.63, 3.8) is 0 Å². The normalized spacial score (nSPS) is 14.3. The highest BCUT2D eigenvalue weighted by atomic mass is 16.5. The Balaban J connectivity index is 1.69. The maximum atomic E-state index is 12.8. The monoisotopic (exact) mass is 409 g/mol. The molecule has 1 aliphatic carbocycles. The van der Waals surface area contributed by atoms with Crippen LogP contribution in [-0.2, 0) is 4.79 Å². The summed E-state index contributed by atoms with van der Waals surface area (Å²) < 4.78 is 5.37. The zero-order chi connectivity index (χ0) is 21.5. The van der Waals surface area contributed by atoms with Gasteiger partial charge in [-0.05, 0) is 61.8 Å². The van der Waals surface area contributed by atoms with Crippen LogP contribution in [0.1, 0.15) is 48.7 Å². The first-order valence-corrected chi connectivity index (χ1v) is 10.6. The summed E-state index contributed by atoms with van der Waals surface area (Å²) in [4.78, 5) is 27.1. The van der Waals surface area contributed by atoms with E-state index < -0.39 is 0 Å². The molecule has 1 atom stereocenters. The highest BCUT2D eigenvalue weighted by Gasteiger charge is 2.29. The summed E-state index contributed by atoms with van der Waals surface area (Å²) in [5.41, 5.74) is 2.30. The van der Waals surface area contributed by atoms with E-state index in [1.165, 1.54) is 0 Å². The van der Waals surface area contributed by atoms with Crippen molar-refractivity contribution in [2.45, 2.75) is 32.7 Å². The number of methoxy groups -OCH3 is 1. The van der Waals surface area contributed by atoms with Crippen LogP contribution in [0.4, 0.5) is 5.69 Å². The topological polar surface area (TPSA) is 70.7 Å². The molecule has 2 N–H and O–H groups in total. The van der Waals surface area contributed by atoms with Crippen LogP contribution in [0, 0.1) is 5.92 Å². The van der Waals surface area contributed by atoms with Gasteiger partial charge in [0.15, 0.2) is 0 Å². The molecule has 0 radical (unpaired) electrons. The predicted octanol–water partition coefficient (Wildman–Crippen LogP) is 3.86. The molecule has 0 spiro atoms. The van der Waals surface area contributed by atoms with Crippen LogP contribution in [0.25, 0.3) is 0 Å². The molecule has 1 unspecified atom stereocenters. The fourth-order valence-electron chi connectivity index (χ4n) is 3.59. The van der Waals surface area contributed by atoms with Gasteiger partial charge in [-0.15, -0.1) is 0 Å². The first kappa shape index (κ1) is 21.8. The van der Waals surface area contributed by atoms with Crippen molar-refractivity contribution in [1.82, 2.24) is 10.2 Å². The van der Waals surface area contributed by atoms with E-state index in [0.717, 1.165) is 37.2 Å². The molecule has 6 nitrogen and oxygen atoms in total. The number of carbonyl (C=O) groups is 2. The minimum absolute atomic E-state index is 0.0344. The maximum absolute atomic E-state index is 12.8. The number of hydrogen-bond donors (Lipinski definition) is 2. The van der Waals surface area contributed by atoms with Crippen LogP contribution < -0.4 is 15.4 Å². The van der Waals surface area contributed by atoms with Crippen molar-refractivity contribution in [2.24, 2.45) is 5.92 Å². The number of likely N-dealkylation sites (N-methyl/N-ethyl adjacent to an activating group) is 1. The Hall–Kier alpha value is -2.86. The number of rotatable bonds is 10. The first-order chi connectivity index (χ1) is 14.5. The third-order valence-corrected chi connectivity index (χ3v) is 5.53. The molecule has 0 heterocycles. The zero-order valence-corrected chi connectivity index (χ0v) is 18.0. The van der Waals surface area contributed by atoms with Crippen LogP contribution in [0.3, 0.4) is 0 Å². The van der Waals surface area contributed by atoms with Gasteiger partial charge in [0.05, 0.1) is 13.2 Å². The molecule has 0 aliphatic heterocycles. The van der Waals surface area contributed by atoms with Crippen molar-refractivity contribution in [3.8, 4) is 5.75 Å². The lowest BCUT2D eigenvalue weighted by atomic mass is 10.0. The molecule has 3 rings (SSSR count). The summed E-state index contributed by atoms with van der Waals surface area (Å²) in [5, 5.41) is 5.96. The minimum Gasteiger partial charge on any atom is -0.497 e. The fourth-order valence-corrected chi connectivity index (χ4v) is 3.59. The van der Waals surface area contributed by atoms with E-state index in [2.05, 4.69) is 35.4 Å². The molecule has 1 fully saturated rings. The zero-order valence-electron chi connectivity index (χ0n) is 18.0. The molecule has 0 aromatic heterocycles. The van der Waals surface area contributed by atoms with E-state index in [4.69, 9.17) is 4.74 Å². The SMILES string of the molecule is CCN(CC)C(CNC(=O)c1cccc(NC(=O)C2CC2)c1)c1cccc(OC)c1. The molecule has 2 amide bonds. The lowest BCUT2D eigenvalue weighted by Crippen LogP contribution is -2.38. The van der Waals surface area contributed by atoms with Crippen molar-refractivity contribution in [1.29, 1.82) is 0 Å². The average molecular weight is 410 g/mol. The van der Waals surface area contributed by atoms with Crippen LogP contribution >= 0.6 is 0 Å². The number of nitrogens with one attached hydrogen (secondary N) is 2. The largest absolute Gasteiger partial charge is 0.497 e. The van der Waals surface area contributed by atoms with Gasteiger partial charge in [0, 0.05) is 23.7 Å². The number of hydrogen-bond acceptors (Lipinski definition) is 4. The van der Waals surface area contributed by atoms with E-state index in [-0.39, 0.29) is 23.8 Å². The Kier molecular flexibility index (Phi) is 7.46. The quantitative estimate of drug-likeness (QED) is 0.625. The van der Waals surface area contributed by atoms with E-state index >= 15 is 0 Å². The summed E-state index contributed by atoms with van der Waals surface area (Å²) >= 11 is 0. The van der Waals surface area contributed by atoms with Gasteiger partial charge in [-0.2, -0.15) is 0 Å². The molecular weight excluding hydrogens is 378 g/mol. The van der Waals surface area contributed by atoms with Crippen LogP contribution in [0.5, 0.6) is 5.75 Å². The summed E-state index contributed by atoms with van der Waals surface area (Å²) in [6, 6.07) is 15.1. The number of ether oxygens (including phenoxy) is 1. The number of amides is 2. The number of benzene rings is 2. The first-order valence-electron chi connectivity index (χ1n) is 10.6. The van der Waals surface area contributed by atoms with Gasteiger partial charge >= 0.3 is 0 Å². The molecule has 6 heteroatoms. The van der Waals surface area contributed by atoms with Gasteiger partial charge in [-0.3, -0.25) is 14.5 Å². The number of nitrogens with zero attached hydrogens (tertiary/aromatic N) is 1. The minimum atomic E-state index is -0.155. The van der Waals surface area contributed by atoms with Gasteiger partial charge in [-0.1, -0.05) is 32.0 Å². The Morgan fingerprint density at radius 3 is 2.50 bits per heavy atom. The maximum Gasteiger partial charge on any atom is 0.251 e. The van der Waals surface area contributed by atoms with Gasteiger partial charge in [0.25, 0.3) is 5.91 Å². The van der Waals surface area contributed by atoms with Crippen LogP contribution in [0.2, 0.25) is 0 Å². The number of carbonyl (C=O) groups excluding carboxylic acids is 2. The molecule has 30 heavy (non-hydrogen) atoms. The third kappa shape index (κ3) is 5.60. The lowest BCUT2D eigenvalue weighted by Gasteiger charge is -2.30. The highest BCUT2D eigenvalue weighted by Crippen LogP contribution is 2.30. The Morgan fingerprint density at radius 1 is 1.10 bits per heavy atom. The summed E-state index contributed by atoms with van der Waals surface area (Å²) in [6.45, 7) is 6.45. The smallest absolute Gasteiger partial charge is 0.251 e. The highest BCUT2D eigenvalue weighted by molar-refractivity contribution is 5.98. The summed E-state index contributed by atoms with van der Waals surface area (Å²) in [5.74, 6) is 0.806. The second-order valence-corrected chi connectivity index (χ2v) is 7.57. The van der Waals surface area contributed by atoms with Crippen molar-refractivity contribution in [2.75, 3.05) is 32.1 Å². The van der Waals surface area contributed by atoms with E-state index in [1.54, 1.807) is 25.3 Å². The number of anilines is 1. The molecule has 1 saturated carbocycles. The van der Waals surface area contributed by atoms with Gasteiger partial charge < -0.3 is 15.4 Å². The molecule has 0 saturated heterocycles. The summed E-state index contributed by atoms with van der Waals surface area (Å²) in [7, 11) is 1.66. The van der Waals surface area contributed by atoms with Crippen LogP contribution in [-0.4, -0.2) is 43.5 Å². The standard InChI is InChI=1S/C24H31N3O3/c1-4-27(5-2)22(18-8-7-11-21(15-18)30-3)16-25-23(28)19-9-6-10-20(14-19)26-24(29)17-12-13-17/h6-11,14-15,17,22H,4-5,12-13,16H2,1-3H3,(H,25,28)(H,26,29). The van der Waals surface area contributed by atoms with Crippen molar-refractivity contribution in [3.05, 3.63) is 59.7 Å². The molecular formula is C24H31N3O3. The molecule has 2 aromatic rings. The Bertz CT molecular complexity index is 876. The second kappa shape index (κ2) is 10.3. The van der Waals surface area contributed by atoms with Gasteiger partial charge in [0.1, 0.15) is 5.75 Å².